The minimum Gasteiger partial charge on any atom is -0.340 e. The predicted octanol–water partition coefficient (Wildman–Crippen LogP) is 2.57. The third-order valence-corrected chi connectivity index (χ3v) is 7.85. The lowest BCUT2D eigenvalue weighted by Crippen LogP contribution is -2.50. The second-order valence-electron chi connectivity index (χ2n) is 6.70. The van der Waals surface area contributed by atoms with Gasteiger partial charge >= 0.3 is 6.18 Å². The second-order valence-corrected chi connectivity index (χ2v) is 10.5. The quantitative estimate of drug-likeness (QED) is 0.586. The summed E-state index contributed by atoms with van der Waals surface area (Å²) in [4.78, 5) is 25.9. The number of nitrogens with zero attached hydrogens (tertiary/aromatic N) is 4. The fraction of sp³-hybridized carbons (Fsp3) is 0.412. The van der Waals surface area contributed by atoms with Gasteiger partial charge < -0.3 is 10.2 Å². The molecule has 0 spiro atoms. The average Bonchev–Trinajstić information content (AvgIpc) is 3.21. The Kier molecular flexibility index (Phi) is 7.52. The van der Waals surface area contributed by atoms with Gasteiger partial charge in [-0.15, -0.1) is 10.2 Å². The average molecular weight is 556 g/mol. The number of carbonyl (C=O) groups is 2. The molecule has 0 saturated carbocycles. The smallest absolute Gasteiger partial charge is 0.340 e. The highest BCUT2D eigenvalue weighted by Gasteiger charge is 2.36. The van der Waals surface area contributed by atoms with Crippen LogP contribution in [0, 0.1) is 0 Å². The number of anilines is 1. The molecule has 0 bridgehead atoms. The number of hydrogen-bond donors (Lipinski definition) is 1. The van der Waals surface area contributed by atoms with Crippen molar-refractivity contribution in [1.29, 1.82) is 0 Å². The Morgan fingerprint density at radius 1 is 1.06 bits per heavy atom. The lowest BCUT2D eigenvalue weighted by molar-refractivity contribution is -0.138. The normalized spacial score (nSPS) is 15.6. The first kappa shape index (κ1) is 24.5. The van der Waals surface area contributed by atoms with Gasteiger partial charge in [0.15, 0.2) is 0 Å². The molecule has 15 heteroatoms. The van der Waals surface area contributed by atoms with Crippen molar-refractivity contribution >= 4 is 54.2 Å². The first-order valence-corrected chi connectivity index (χ1v) is 12.3. The minimum atomic E-state index is -4.65. The first-order valence-electron chi connectivity index (χ1n) is 9.21. The number of nitrogens with one attached hydrogen (secondary N) is 1. The molecule has 174 valence electrons. The van der Waals surface area contributed by atoms with Crippen LogP contribution in [-0.4, -0.2) is 65.8 Å². The predicted molar refractivity (Wildman–Crippen MR) is 112 cm³/mol. The summed E-state index contributed by atoms with van der Waals surface area (Å²) in [6.07, 6.45) is -5.07. The molecule has 2 amide bonds. The van der Waals surface area contributed by atoms with E-state index in [9.17, 15) is 31.2 Å². The molecule has 0 radical (unpaired) electrons. The number of aromatic nitrogens is 2. The van der Waals surface area contributed by atoms with E-state index in [-0.39, 0.29) is 66.3 Å². The Morgan fingerprint density at radius 2 is 1.69 bits per heavy atom. The standard InChI is InChI=1S/C17H17BrF3N5O4S2/c18-11-1-3-12(4-2-11)32(29,30)26-9-7-25(8-10-26)14(28)6-5-13(27)22-16-24-23-15(31-16)17(19,20)21/h1-4H,5-10H2,(H,22,24,27). The maximum atomic E-state index is 12.7. The Morgan fingerprint density at radius 3 is 2.25 bits per heavy atom. The molecule has 1 N–H and O–H groups in total. The number of benzene rings is 1. The van der Waals surface area contributed by atoms with Crippen LogP contribution in [-0.2, 0) is 25.8 Å². The lowest BCUT2D eigenvalue weighted by Gasteiger charge is -2.34. The molecule has 1 saturated heterocycles. The number of amides is 2. The van der Waals surface area contributed by atoms with E-state index in [0.717, 1.165) is 4.47 Å². The number of carbonyl (C=O) groups excluding carboxylic acids is 2. The molecule has 1 aliphatic rings. The van der Waals surface area contributed by atoms with Gasteiger partial charge in [0, 0.05) is 43.5 Å². The molecule has 32 heavy (non-hydrogen) atoms. The first-order chi connectivity index (χ1) is 15.0. The maximum Gasteiger partial charge on any atom is 0.445 e. The van der Waals surface area contributed by atoms with Crippen LogP contribution in [0.1, 0.15) is 17.8 Å². The summed E-state index contributed by atoms with van der Waals surface area (Å²) in [6.45, 7) is 0.561. The number of alkyl halides is 3. The second kappa shape index (κ2) is 9.80. The van der Waals surface area contributed by atoms with Crippen molar-refractivity contribution in [3.05, 3.63) is 33.7 Å². The highest BCUT2D eigenvalue weighted by atomic mass is 79.9. The number of piperazine rings is 1. The van der Waals surface area contributed by atoms with Gasteiger partial charge in [0.1, 0.15) is 0 Å². The Labute approximate surface area is 193 Å². The zero-order valence-corrected chi connectivity index (χ0v) is 19.5. The summed E-state index contributed by atoms with van der Waals surface area (Å²) in [6, 6.07) is 6.24. The summed E-state index contributed by atoms with van der Waals surface area (Å²) in [5.74, 6) is -1.02. The molecule has 1 aromatic heterocycles. The van der Waals surface area contributed by atoms with Crippen LogP contribution in [0.5, 0.6) is 0 Å². The van der Waals surface area contributed by atoms with E-state index in [2.05, 4.69) is 31.4 Å². The zero-order valence-electron chi connectivity index (χ0n) is 16.3. The Bertz CT molecular complexity index is 1080. The van der Waals surface area contributed by atoms with E-state index in [1.54, 1.807) is 12.1 Å². The van der Waals surface area contributed by atoms with Gasteiger partial charge in [-0.2, -0.15) is 17.5 Å². The van der Waals surface area contributed by atoms with Crippen molar-refractivity contribution in [2.45, 2.75) is 23.9 Å². The maximum absolute atomic E-state index is 12.7. The Hall–Kier alpha value is -2.10. The van der Waals surface area contributed by atoms with Crippen LogP contribution in [0.25, 0.3) is 0 Å². The Balaban J connectivity index is 1.46. The van der Waals surface area contributed by atoms with E-state index in [1.165, 1.54) is 21.3 Å². The SMILES string of the molecule is O=C(CCC(=O)N1CCN(S(=O)(=O)c2ccc(Br)cc2)CC1)Nc1nnc(C(F)(F)F)s1. The molecule has 0 atom stereocenters. The van der Waals surface area contributed by atoms with Crippen LogP contribution in [0.15, 0.2) is 33.6 Å². The molecule has 0 aliphatic carbocycles. The van der Waals surface area contributed by atoms with Crippen LogP contribution in [0.4, 0.5) is 18.3 Å². The fourth-order valence-electron chi connectivity index (χ4n) is 2.88. The van der Waals surface area contributed by atoms with Gasteiger partial charge in [-0.3, -0.25) is 9.59 Å². The molecule has 9 nitrogen and oxygen atoms in total. The van der Waals surface area contributed by atoms with Crippen molar-refractivity contribution in [2.24, 2.45) is 0 Å². The number of sulfonamides is 1. The summed E-state index contributed by atoms with van der Waals surface area (Å²) in [7, 11) is -3.68. The molecule has 2 heterocycles. The van der Waals surface area contributed by atoms with Crippen LogP contribution < -0.4 is 5.32 Å². The topological polar surface area (TPSA) is 113 Å². The van der Waals surface area contributed by atoms with Gasteiger partial charge in [0.05, 0.1) is 4.90 Å². The largest absolute Gasteiger partial charge is 0.445 e. The van der Waals surface area contributed by atoms with Gasteiger partial charge in [0.25, 0.3) is 0 Å². The summed E-state index contributed by atoms with van der Waals surface area (Å²) in [5.41, 5.74) is 0. The van der Waals surface area contributed by atoms with Crippen molar-refractivity contribution in [3.8, 4) is 0 Å². The van der Waals surface area contributed by atoms with Crippen LogP contribution in [0.2, 0.25) is 0 Å². The molecular formula is C17H17BrF3N5O4S2. The summed E-state index contributed by atoms with van der Waals surface area (Å²) >= 11 is 3.44. The molecule has 1 fully saturated rings. The van der Waals surface area contributed by atoms with Crippen LogP contribution >= 0.6 is 27.3 Å². The van der Waals surface area contributed by atoms with Crippen molar-refractivity contribution < 1.29 is 31.2 Å². The lowest BCUT2D eigenvalue weighted by atomic mass is 10.2. The number of halogens is 4. The van der Waals surface area contributed by atoms with E-state index in [4.69, 9.17) is 0 Å². The number of hydrogen-bond acceptors (Lipinski definition) is 7. The summed E-state index contributed by atoms with van der Waals surface area (Å²) < 4.78 is 65.0. The molecule has 1 aliphatic heterocycles. The van der Waals surface area contributed by atoms with E-state index in [1.807, 2.05) is 0 Å². The minimum absolute atomic E-state index is 0.112. The zero-order chi connectivity index (χ0) is 23.5. The molecular weight excluding hydrogens is 539 g/mol. The highest BCUT2D eigenvalue weighted by Crippen LogP contribution is 2.33. The molecule has 3 rings (SSSR count). The van der Waals surface area contributed by atoms with Crippen molar-refractivity contribution in [1.82, 2.24) is 19.4 Å². The molecule has 1 aromatic carbocycles. The van der Waals surface area contributed by atoms with Gasteiger partial charge in [-0.05, 0) is 24.3 Å². The van der Waals surface area contributed by atoms with E-state index >= 15 is 0 Å². The monoisotopic (exact) mass is 555 g/mol. The summed E-state index contributed by atoms with van der Waals surface area (Å²) in [5, 5.41) is 6.92. The highest BCUT2D eigenvalue weighted by molar-refractivity contribution is 9.10. The van der Waals surface area contributed by atoms with Crippen molar-refractivity contribution in [3.63, 3.8) is 0 Å². The number of rotatable bonds is 6. The van der Waals surface area contributed by atoms with Crippen LogP contribution in [0.3, 0.4) is 0 Å². The van der Waals surface area contributed by atoms with Gasteiger partial charge in [-0.1, -0.05) is 27.3 Å². The third kappa shape index (κ3) is 6.02. The third-order valence-electron chi connectivity index (χ3n) is 4.52. The molecule has 0 unspecified atom stereocenters. The van der Waals surface area contributed by atoms with E-state index < -0.39 is 27.1 Å². The molecule has 2 aromatic rings. The van der Waals surface area contributed by atoms with E-state index in [0.29, 0.717) is 0 Å². The van der Waals surface area contributed by atoms with Gasteiger partial charge in [0.2, 0.25) is 32.0 Å². The van der Waals surface area contributed by atoms with Gasteiger partial charge in [-0.25, -0.2) is 8.42 Å². The fourth-order valence-corrected chi connectivity index (χ4v) is 5.20. The van der Waals surface area contributed by atoms with Crippen molar-refractivity contribution in [2.75, 3.05) is 31.5 Å².